The van der Waals surface area contributed by atoms with Gasteiger partial charge >= 0.3 is 5.97 Å². The summed E-state index contributed by atoms with van der Waals surface area (Å²) in [5, 5.41) is 9.30. The van der Waals surface area contributed by atoms with Crippen molar-refractivity contribution in [2.24, 2.45) is 5.73 Å². The fraction of sp³-hybridized carbons (Fsp3) is 0.222. The summed E-state index contributed by atoms with van der Waals surface area (Å²) in [6.07, 6.45) is 0.401. The maximum Gasteiger partial charge on any atom is 0.332 e. The van der Waals surface area contributed by atoms with Gasteiger partial charge < -0.3 is 13.9 Å². The molecule has 0 heterocycles. The molecule has 0 saturated heterocycles. The molecule has 4 nitrogen and oxygen atoms in total. The highest BCUT2D eigenvalue weighted by molar-refractivity contribution is 14.1. The number of aromatic hydroxyl groups is 1. The molecule has 0 unspecified atom stereocenters. The Bertz CT molecular complexity index is 370. The van der Waals surface area contributed by atoms with Crippen molar-refractivity contribution < 1.29 is 13.0 Å². The molecule has 0 aliphatic heterocycles. The van der Waals surface area contributed by atoms with Crippen LogP contribution < -0.4 is 5.73 Å². The molecule has 6 heteroatoms. The average molecular weight is 433 g/mol. The van der Waals surface area contributed by atoms with E-state index in [1.54, 1.807) is 18.2 Å². The van der Waals surface area contributed by atoms with Crippen molar-refractivity contribution in [1.82, 2.24) is 0 Å². The molecule has 0 saturated carbocycles. The highest BCUT2D eigenvalue weighted by Crippen LogP contribution is 2.20. The van der Waals surface area contributed by atoms with Crippen LogP contribution in [0.1, 0.15) is 5.56 Å². The van der Waals surface area contributed by atoms with E-state index in [4.69, 9.17) is 5.73 Å². The normalized spacial score (nSPS) is 12.2. The molecule has 1 atom stereocenters. The van der Waals surface area contributed by atoms with Gasteiger partial charge in [0.15, 0.2) is 23.0 Å². The molecule has 82 valence electrons. The molecule has 0 aliphatic rings. The Hall–Kier alpha value is -0.0900. The minimum Gasteiger partial charge on any atom is -0.507 e. The van der Waals surface area contributed by atoms with E-state index < -0.39 is 12.0 Å². The minimum atomic E-state index is -0.665. The van der Waals surface area contributed by atoms with Gasteiger partial charge in [0.05, 0.1) is 3.57 Å². The van der Waals surface area contributed by atoms with E-state index in [1.807, 2.05) is 22.6 Å². The fourth-order valence-corrected chi connectivity index (χ4v) is 1.98. The van der Waals surface area contributed by atoms with Crippen LogP contribution in [0.3, 0.4) is 0 Å². The Morgan fingerprint density at radius 3 is 2.80 bits per heavy atom. The Morgan fingerprint density at radius 1 is 1.60 bits per heavy atom. The van der Waals surface area contributed by atoms with Gasteiger partial charge in [-0.25, -0.2) is 4.79 Å². The molecule has 1 aromatic carbocycles. The first kappa shape index (κ1) is 13.0. The maximum atomic E-state index is 11.1. The standard InChI is InChI=1S/C9H9I2NO3/c10-6-3-5(1-2-8(6)13)4-7(12)9(14)15-11/h1-3,7,13H,4,12H2/t7-/m0/s1. The number of carbonyl (C=O) groups is 1. The van der Waals surface area contributed by atoms with Crippen LogP contribution in [-0.2, 0) is 14.3 Å². The first-order chi connectivity index (χ1) is 7.04. The number of phenols is 1. The van der Waals surface area contributed by atoms with E-state index in [9.17, 15) is 9.90 Å². The van der Waals surface area contributed by atoms with Crippen molar-refractivity contribution in [3.63, 3.8) is 0 Å². The molecule has 0 amide bonds. The molecule has 0 radical (unpaired) electrons. The molecule has 0 aromatic heterocycles. The molecule has 0 bridgehead atoms. The van der Waals surface area contributed by atoms with Crippen molar-refractivity contribution in [3.05, 3.63) is 27.3 Å². The maximum absolute atomic E-state index is 11.1. The lowest BCUT2D eigenvalue weighted by Gasteiger charge is -2.08. The zero-order chi connectivity index (χ0) is 11.4. The van der Waals surface area contributed by atoms with Gasteiger partial charge in [0.2, 0.25) is 0 Å². The summed E-state index contributed by atoms with van der Waals surface area (Å²) in [5.74, 6) is -0.219. The predicted octanol–water partition coefficient (Wildman–Crippen LogP) is 1.76. The van der Waals surface area contributed by atoms with Gasteiger partial charge in [-0.3, -0.25) is 0 Å². The topological polar surface area (TPSA) is 72.5 Å². The summed E-state index contributed by atoms with van der Waals surface area (Å²) in [6, 6.07) is 4.44. The van der Waals surface area contributed by atoms with Gasteiger partial charge in [0.25, 0.3) is 0 Å². The first-order valence-corrected chi connectivity index (χ1v) is 6.06. The summed E-state index contributed by atoms with van der Waals surface area (Å²) < 4.78 is 5.23. The van der Waals surface area contributed by atoms with Gasteiger partial charge in [-0.15, -0.1) is 0 Å². The van der Waals surface area contributed by atoms with Crippen LogP contribution in [0, 0.1) is 3.57 Å². The van der Waals surface area contributed by atoms with Crippen molar-refractivity contribution >= 4 is 51.6 Å². The number of halogens is 2. The van der Waals surface area contributed by atoms with Crippen LogP contribution in [0.5, 0.6) is 5.75 Å². The highest BCUT2D eigenvalue weighted by atomic mass is 127. The largest absolute Gasteiger partial charge is 0.507 e. The van der Waals surface area contributed by atoms with Crippen LogP contribution in [0.4, 0.5) is 0 Å². The summed E-state index contributed by atoms with van der Waals surface area (Å²) >= 11 is 3.53. The van der Waals surface area contributed by atoms with Crippen molar-refractivity contribution in [2.45, 2.75) is 12.5 Å². The Morgan fingerprint density at radius 2 is 2.27 bits per heavy atom. The third-order valence-electron chi connectivity index (χ3n) is 1.85. The van der Waals surface area contributed by atoms with Gasteiger partial charge in [-0.1, -0.05) is 6.07 Å². The lowest BCUT2D eigenvalue weighted by atomic mass is 10.1. The average Bonchev–Trinajstić information content (AvgIpc) is 2.22. The zero-order valence-corrected chi connectivity index (χ0v) is 11.9. The van der Waals surface area contributed by atoms with Gasteiger partial charge in [-0.2, -0.15) is 0 Å². The molecule has 0 aliphatic carbocycles. The minimum absolute atomic E-state index is 0.226. The first-order valence-electron chi connectivity index (χ1n) is 4.10. The van der Waals surface area contributed by atoms with E-state index in [2.05, 4.69) is 3.07 Å². The Balaban J connectivity index is 2.73. The van der Waals surface area contributed by atoms with Crippen LogP contribution >= 0.6 is 45.6 Å². The Kier molecular flexibility index (Phi) is 5.06. The number of rotatable bonds is 3. The smallest absolute Gasteiger partial charge is 0.332 e. The second-order valence-electron chi connectivity index (χ2n) is 2.99. The summed E-state index contributed by atoms with van der Waals surface area (Å²) in [7, 11) is 0. The van der Waals surface area contributed by atoms with Crippen molar-refractivity contribution in [3.8, 4) is 5.75 Å². The number of hydrogen-bond donors (Lipinski definition) is 2. The van der Waals surface area contributed by atoms with Crippen LogP contribution in [0.25, 0.3) is 0 Å². The molecule has 3 N–H and O–H groups in total. The van der Waals surface area contributed by atoms with E-state index in [1.165, 1.54) is 23.0 Å². The predicted molar refractivity (Wildman–Crippen MR) is 72.6 cm³/mol. The van der Waals surface area contributed by atoms with Crippen LogP contribution in [0.2, 0.25) is 0 Å². The second kappa shape index (κ2) is 5.85. The highest BCUT2D eigenvalue weighted by Gasteiger charge is 2.15. The number of phenolic OH excluding ortho intramolecular Hbond substituents is 1. The summed E-state index contributed by atoms with van der Waals surface area (Å²) in [5.41, 5.74) is 6.50. The third kappa shape index (κ3) is 3.76. The van der Waals surface area contributed by atoms with E-state index in [-0.39, 0.29) is 5.75 Å². The van der Waals surface area contributed by atoms with Gasteiger partial charge in [0, 0.05) is 0 Å². The summed E-state index contributed by atoms with van der Waals surface area (Å²) in [6.45, 7) is 0. The third-order valence-corrected chi connectivity index (χ3v) is 3.14. The SMILES string of the molecule is N[C@@H](Cc1ccc(O)c(I)c1)C(=O)OI. The van der Waals surface area contributed by atoms with Crippen LogP contribution in [-0.4, -0.2) is 17.1 Å². The lowest BCUT2D eigenvalue weighted by Crippen LogP contribution is -2.32. The van der Waals surface area contributed by atoms with Crippen molar-refractivity contribution in [1.29, 1.82) is 0 Å². The Labute approximate surface area is 115 Å². The number of hydrogen-bond acceptors (Lipinski definition) is 4. The molecule has 15 heavy (non-hydrogen) atoms. The zero-order valence-electron chi connectivity index (χ0n) is 7.61. The second-order valence-corrected chi connectivity index (χ2v) is 4.60. The molecular weight excluding hydrogens is 424 g/mol. The molecular formula is C9H9I2NO3. The molecule has 0 fully saturated rings. The van der Waals surface area contributed by atoms with Gasteiger partial charge in [0.1, 0.15) is 11.8 Å². The van der Waals surface area contributed by atoms with E-state index >= 15 is 0 Å². The molecule has 1 aromatic rings. The van der Waals surface area contributed by atoms with Crippen molar-refractivity contribution in [2.75, 3.05) is 0 Å². The summed E-state index contributed by atoms with van der Waals surface area (Å²) in [4.78, 5) is 11.1. The van der Waals surface area contributed by atoms with E-state index in [0.29, 0.717) is 6.42 Å². The quantitative estimate of drug-likeness (QED) is 0.714. The number of carbonyl (C=O) groups excluding carboxylic acids is 1. The number of nitrogens with two attached hydrogens (primary N) is 1. The molecule has 1 rings (SSSR count). The van der Waals surface area contributed by atoms with E-state index in [0.717, 1.165) is 9.13 Å². The van der Waals surface area contributed by atoms with Gasteiger partial charge in [-0.05, 0) is 46.7 Å². The lowest BCUT2D eigenvalue weighted by molar-refractivity contribution is -0.132. The molecule has 0 spiro atoms. The fourth-order valence-electron chi connectivity index (χ4n) is 1.07. The monoisotopic (exact) mass is 433 g/mol. The van der Waals surface area contributed by atoms with Crippen LogP contribution in [0.15, 0.2) is 18.2 Å². The number of benzene rings is 1.